The summed E-state index contributed by atoms with van der Waals surface area (Å²) in [6.07, 6.45) is 13.0. The number of unbranched alkanes of at least 4 members (excludes halogenated alkanes) is 1. The Kier molecular flexibility index (Phi) is 4.78. The van der Waals surface area contributed by atoms with Crippen LogP contribution in [0.15, 0.2) is 16.9 Å². The lowest BCUT2D eigenvalue weighted by Crippen LogP contribution is -2.13. The maximum absolute atomic E-state index is 4.75. The number of nitrogens with zero attached hydrogens (tertiary/aromatic N) is 3. The Bertz CT molecular complexity index is 602. The van der Waals surface area contributed by atoms with Crippen molar-refractivity contribution in [3.8, 4) is 0 Å². The molecule has 1 fully saturated rings. The molecule has 0 unspecified atom stereocenters. The van der Waals surface area contributed by atoms with Crippen LogP contribution >= 0.6 is 15.9 Å². The number of rotatable bonds is 5. The zero-order valence-corrected chi connectivity index (χ0v) is 14.2. The Labute approximate surface area is 134 Å². The van der Waals surface area contributed by atoms with Gasteiger partial charge in [0.25, 0.3) is 0 Å². The van der Waals surface area contributed by atoms with E-state index in [4.69, 9.17) is 4.98 Å². The first kappa shape index (κ1) is 14.8. The summed E-state index contributed by atoms with van der Waals surface area (Å²) in [6, 6.07) is 0.589. The van der Waals surface area contributed by atoms with Crippen LogP contribution in [0.2, 0.25) is 0 Å². The summed E-state index contributed by atoms with van der Waals surface area (Å²) in [5.41, 5.74) is 1.06. The van der Waals surface area contributed by atoms with Crippen LogP contribution in [0, 0.1) is 0 Å². The molecular weight excluding hydrogens is 328 g/mol. The first-order valence-corrected chi connectivity index (χ1v) is 8.86. The van der Waals surface area contributed by atoms with Crippen LogP contribution in [0.5, 0.6) is 0 Å². The molecule has 1 N–H and O–H groups in total. The third-order valence-corrected chi connectivity index (χ3v) is 4.94. The van der Waals surface area contributed by atoms with Gasteiger partial charge in [-0.15, -0.1) is 0 Å². The molecular formula is C16H23BrN4. The fraction of sp³-hybridized carbons (Fsp3) is 0.625. The van der Waals surface area contributed by atoms with E-state index < -0.39 is 0 Å². The Balaban J connectivity index is 1.90. The minimum atomic E-state index is 0.589. The van der Waals surface area contributed by atoms with Gasteiger partial charge in [-0.25, -0.2) is 4.98 Å². The van der Waals surface area contributed by atoms with E-state index >= 15 is 0 Å². The molecule has 0 amide bonds. The molecule has 0 atom stereocenters. The van der Waals surface area contributed by atoms with E-state index in [0.29, 0.717) is 6.04 Å². The quantitative estimate of drug-likeness (QED) is 0.778. The summed E-state index contributed by atoms with van der Waals surface area (Å²) in [6.45, 7) is 3.13. The second-order valence-electron chi connectivity index (χ2n) is 5.89. The number of fused-ring (bicyclic) bond motifs is 1. The SMILES string of the molecule is CCCCNc1ncc2c(Br)cn(C3CCCCC3)c2n1. The fourth-order valence-corrected chi connectivity index (χ4v) is 3.59. The predicted octanol–water partition coefficient (Wildman–Crippen LogP) is 4.91. The Morgan fingerprint density at radius 2 is 2.14 bits per heavy atom. The highest BCUT2D eigenvalue weighted by atomic mass is 79.9. The molecule has 0 radical (unpaired) electrons. The van der Waals surface area contributed by atoms with Crippen LogP contribution in [0.4, 0.5) is 5.95 Å². The van der Waals surface area contributed by atoms with Gasteiger partial charge in [0.05, 0.1) is 5.39 Å². The predicted molar refractivity (Wildman–Crippen MR) is 90.7 cm³/mol. The average molecular weight is 351 g/mol. The van der Waals surface area contributed by atoms with Crippen molar-refractivity contribution < 1.29 is 0 Å². The topological polar surface area (TPSA) is 42.7 Å². The molecule has 4 nitrogen and oxygen atoms in total. The summed E-state index contributed by atoms with van der Waals surface area (Å²) in [5.74, 6) is 0.749. The van der Waals surface area contributed by atoms with Gasteiger partial charge in [0, 0.05) is 29.5 Å². The first-order valence-electron chi connectivity index (χ1n) is 8.06. The van der Waals surface area contributed by atoms with Gasteiger partial charge in [-0.1, -0.05) is 32.6 Å². The van der Waals surface area contributed by atoms with Gasteiger partial charge in [0.2, 0.25) is 5.95 Å². The first-order chi connectivity index (χ1) is 10.3. The van der Waals surface area contributed by atoms with Crippen molar-refractivity contribution in [1.29, 1.82) is 0 Å². The van der Waals surface area contributed by atoms with Crippen LogP contribution in [-0.2, 0) is 0 Å². The van der Waals surface area contributed by atoms with Gasteiger partial charge < -0.3 is 9.88 Å². The van der Waals surface area contributed by atoms with E-state index in [0.717, 1.165) is 34.4 Å². The summed E-state index contributed by atoms with van der Waals surface area (Å²) < 4.78 is 3.45. The van der Waals surface area contributed by atoms with E-state index in [-0.39, 0.29) is 0 Å². The highest BCUT2D eigenvalue weighted by molar-refractivity contribution is 9.10. The van der Waals surface area contributed by atoms with Crippen LogP contribution in [-0.4, -0.2) is 21.1 Å². The van der Waals surface area contributed by atoms with Gasteiger partial charge in [-0.05, 0) is 35.2 Å². The lowest BCUT2D eigenvalue weighted by Gasteiger charge is -2.23. The molecule has 2 aromatic rings. The minimum absolute atomic E-state index is 0.589. The third-order valence-electron chi connectivity index (χ3n) is 4.30. The monoisotopic (exact) mass is 350 g/mol. The normalized spacial score (nSPS) is 16.5. The number of anilines is 1. The highest BCUT2D eigenvalue weighted by Gasteiger charge is 2.19. The summed E-state index contributed by atoms with van der Waals surface area (Å²) >= 11 is 3.65. The van der Waals surface area contributed by atoms with Crippen LogP contribution in [0.3, 0.4) is 0 Å². The van der Waals surface area contributed by atoms with E-state index in [1.54, 1.807) is 0 Å². The Hall–Kier alpha value is -1.10. The molecule has 0 aromatic carbocycles. The molecule has 1 saturated carbocycles. The molecule has 5 heteroatoms. The standard InChI is InChI=1S/C16H23BrN4/c1-2-3-9-18-16-19-10-13-14(17)11-21(15(13)20-16)12-7-5-4-6-8-12/h10-12H,2-9H2,1H3,(H,18,19,20). The second kappa shape index (κ2) is 6.77. The average Bonchev–Trinajstić information content (AvgIpc) is 2.85. The number of hydrogen-bond donors (Lipinski definition) is 1. The van der Waals surface area contributed by atoms with Crippen LogP contribution < -0.4 is 5.32 Å². The zero-order valence-electron chi connectivity index (χ0n) is 12.6. The van der Waals surface area contributed by atoms with Crippen molar-refractivity contribution in [2.45, 2.75) is 57.9 Å². The molecule has 114 valence electrons. The van der Waals surface area contributed by atoms with Gasteiger partial charge >= 0.3 is 0 Å². The summed E-state index contributed by atoms with van der Waals surface area (Å²) in [7, 11) is 0. The number of hydrogen-bond acceptors (Lipinski definition) is 3. The Morgan fingerprint density at radius 1 is 1.33 bits per heavy atom. The molecule has 0 saturated heterocycles. The zero-order chi connectivity index (χ0) is 14.7. The highest BCUT2D eigenvalue weighted by Crippen LogP contribution is 2.34. The molecule has 0 aliphatic heterocycles. The second-order valence-corrected chi connectivity index (χ2v) is 6.74. The van der Waals surface area contributed by atoms with Gasteiger partial charge in [-0.3, -0.25) is 0 Å². The number of halogens is 1. The maximum Gasteiger partial charge on any atom is 0.224 e. The smallest absolute Gasteiger partial charge is 0.224 e. The van der Waals surface area contributed by atoms with Crippen molar-refractivity contribution in [3.63, 3.8) is 0 Å². The van der Waals surface area contributed by atoms with E-state index in [1.807, 2.05) is 6.20 Å². The lowest BCUT2D eigenvalue weighted by molar-refractivity contribution is 0.359. The van der Waals surface area contributed by atoms with Gasteiger partial charge in [0.15, 0.2) is 0 Å². The lowest BCUT2D eigenvalue weighted by atomic mass is 9.95. The van der Waals surface area contributed by atoms with Crippen molar-refractivity contribution in [2.75, 3.05) is 11.9 Å². The van der Waals surface area contributed by atoms with Crippen molar-refractivity contribution in [3.05, 3.63) is 16.9 Å². The van der Waals surface area contributed by atoms with Crippen molar-refractivity contribution in [2.24, 2.45) is 0 Å². The van der Waals surface area contributed by atoms with Crippen LogP contribution in [0.25, 0.3) is 11.0 Å². The van der Waals surface area contributed by atoms with Crippen molar-refractivity contribution >= 4 is 32.9 Å². The van der Waals surface area contributed by atoms with Crippen LogP contribution in [0.1, 0.15) is 57.9 Å². The molecule has 2 heterocycles. The molecule has 21 heavy (non-hydrogen) atoms. The Morgan fingerprint density at radius 3 is 2.90 bits per heavy atom. The molecule has 3 rings (SSSR count). The molecule has 0 bridgehead atoms. The molecule has 1 aliphatic carbocycles. The molecule has 1 aliphatic rings. The fourth-order valence-electron chi connectivity index (χ4n) is 3.09. The van der Waals surface area contributed by atoms with E-state index in [9.17, 15) is 0 Å². The molecule has 2 aromatic heterocycles. The maximum atomic E-state index is 4.75. The number of nitrogens with one attached hydrogen (secondary N) is 1. The van der Waals surface area contributed by atoms with Gasteiger partial charge in [-0.2, -0.15) is 4.98 Å². The molecule has 0 spiro atoms. The van der Waals surface area contributed by atoms with Crippen molar-refractivity contribution in [1.82, 2.24) is 14.5 Å². The van der Waals surface area contributed by atoms with Gasteiger partial charge in [0.1, 0.15) is 5.65 Å². The van der Waals surface area contributed by atoms with E-state index in [2.05, 4.69) is 43.9 Å². The van der Waals surface area contributed by atoms with E-state index in [1.165, 1.54) is 38.5 Å². The summed E-state index contributed by atoms with van der Waals surface area (Å²) in [5, 5.41) is 4.44. The largest absolute Gasteiger partial charge is 0.354 e. The number of aromatic nitrogens is 3. The minimum Gasteiger partial charge on any atom is -0.354 e. The summed E-state index contributed by atoms with van der Waals surface area (Å²) in [4.78, 5) is 9.19. The third kappa shape index (κ3) is 3.23.